The molecule has 1 N–H and O–H groups in total. The fourth-order valence-electron chi connectivity index (χ4n) is 2.26. The number of carbonyl (C=O) groups excluding carboxylic acids is 1. The minimum absolute atomic E-state index is 0.320. The molecule has 0 bridgehead atoms. The number of benzene rings is 2. The highest BCUT2D eigenvalue weighted by Crippen LogP contribution is 2.20. The Bertz CT molecular complexity index is 877. The predicted octanol–water partition coefficient (Wildman–Crippen LogP) is 2.96. The third-order valence-electron chi connectivity index (χ3n) is 3.50. The Labute approximate surface area is 154 Å². The van der Waals surface area contributed by atoms with Crippen molar-refractivity contribution in [3.8, 4) is 5.75 Å². The van der Waals surface area contributed by atoms with Crippen LogP contribution in [0, 0.1) is 6.92 Å². The third kappa shape index (κ3) is 5.63. The van der Waals surface area contributed by atoms with Gasteiger partial charge in [-0.15, -0.1) is 0 Å². The highest BCUT2D eigenvalue weighted by molar-refractivity contribution is 7.92. The molecule has 0 aromatic heterocycles. The van der Waals surface area contributed by atoms with E-state index in [0.29, 0.717) is 23.7 Å². The van der Waals surface area contributed by atoms with Gasteiger partial charge in [0.05, 0.1) is 11.9 Å². The molecule has 26 heavy (non-hydrogen) atoms. The molecule has 138 valence electrons. The lowest BCUT2D eigenvalue weighted by Crippen LogP contribution is -2.37. The van der Waals surface area contributed by atoms with Crippen molar-refractivity contribution in [3.05, 3.63) is 66.7 Å². The van der Waals surface area contributed by atoms with Crippen molar-refractivity contribution in [2.45, 2.75) is 6.92 Å². The molecule has 0 spiro atoms. The van der Waals surface area contributed by atoms with Crippen molar-refractivity contribution in [1.29, 1.82) is 0 Å². The largest absolute Gasteiger partial charge is 0.489 e. The van der Waals surface area contributed by atoms with Crippen LogP contribution >= 0.6 is 0 Å². The summed E-state index contributed by atoms with van der Waals surface area (Å²) in [4.78, 5) is 12.4. The van der Waals surface area contributed by atoms with Crippen LogP contribution in [-0.4, -0.2) is 33.7 Å². The minimum Gasteiger partial charge on any atom is -0.489 e. The molecule has 1 amide bonds. The number of anilines is 2. The molecule has 7 heteroatoms. The summed E-state index contributed by atoms with van der Waals surface area (Å²) >= 11 is 0. The number of rotatable bonds is 8. The van der Waals surface area contributed by atoms with Gasteiger partial charge in [-0.1, -0.05) is 36.4 Å². The predicted molar refractivity (Wildman–Crippen MR) is 104 cm³/mol. The Balaban J connectivity index is 2.13. The summed E-state index contributed by atoms with van der Waals surface area (Å²) in [5, 5.41) is 2.69. The zero-order chi connectivity index (χ0) is 19.2. The summed E-state index contributed by atoms with van der Waals surface area (Å²) in [7, 11) is -3.60. The lowest BCUT2D eigenvalue weighted by molar-refractivity contribution is -0.114. The number of sulfonamides is 1. The molecule has 0 saturated carbocycles. The second-order valence-electron chi connectivity index (χ2n) is 5.78. The maximum absolute atomic E-state index is 12.4. The molecule has 0 aliphatic heterocycles. The van der Waals surface area contributed by atoms with Crippen LogP contribution in [0.5, 0.6) is 5.75 Å². The molecule has 6 nitrogen and oxygen atoms in total. The highest BCUT2D eigenvalue weighted by atomic mass is 32.2. The van der Waals surface area contributed by atoms with Crippen molar-refractivity contribution < 1.29 is 17.9 Å². The SMILES string of the molecule is C=CCOc1cccc(NC(=O)CN(c2ccc(C)cc2)S(C)(=O)=O)c1. The van der Waals surface area contributed by atoms with Crippen LogP contribution in [0.2, 0.25) is 0 Å². The average Bonchev–Trinajstić information content (AvgIpc) is 2.58. The second-order valence-corrected chi connectivity index (χ2v) is 7.69. The first-order valence-electron chi connectivity index (χ1n) is 7.97. The number of carbonyl (C=O) groups is 1. The van der Waals surface area contributed by atoms with E-state index in [2.05, 4.69) is 11.9 Å². The van der Waals surface area contributed by atoms with Gasteiger partial charge in [0.25, 0.3) is 0 Å². The molecule has 2 rings (SSSR count). The van der Waals surface area contributed by atoms with E-state index in [1.807, 2.05) is 6.92 Å². The van der Waals surface area contributed by atoms with E-state index in [1.165, 1.54) is 0 Å². The van der Waals surface area contributed by atoms with Crippen LogP contribution < -0.4 is 14.4 Å². The maximum atomic E-state index is 12.4. The normalized spacial score (nSPS) is 10.8. The molecular formula is C19H22N2O4S. The molecule has 0 saturated heterocycles. The van der Waals surface area contributed by atoms with E-state index in [0.717, 1.165) is 16.1 Å². The first-order chi connectivity index (χ1) is 12.3. The van der Waals surface area contributed by atoms with Crippen molar-refractivity contribution in [2.75, 3.05) is 29.0 Å². The van der Waals surface area contributed by atoms with Crippen LogP contribution in [-0.2, 0) is 14.8 Å². The average molecular weight is 374 g/mol. The van der Waals surface area contributed by atoms with E-state index >= 15 is 0 Å². The first-order valence-corrected chi connectivity index (χ1v) is 9.82. The smallest absolute Gasteiger partial charge is 0.245 e. The van der Waals surface area contributed by atoms with Gasteiger partial charge in [0.15, 0.2) is 0 Å². The van der Waals surface area contributed by atoms with Gasteiger partial charge < -0.3 is 10.1 Å². The number of ether oxygens (including phenoxy) is 1. The number of hydrogen-bond acceptors (Lipinski definition) is 4. The van der Waals surface area contributed by atoms with E-state index in [1.54, 1.807) is 54.6 Å². The van der Waals surface area contributed by atoms with Gasteiger partial charge in [-0.3, -0.25) is 9.10 Å². The molecular weight excluding hydrogens is 352 g/mol. The molecule has 0 aliphatic carbocycles. The van der Waals surface area contributed by atoms with Crippen LogP contribution in [0.4, 0.5) is 11.4 Å². The Morgan fingerprint density at radius 3 is 2.54 bits per heavy atom. The molecule has 0 unspecified atom stereocenters. The maximum Gasteiger partial charge on any atom is 0.245 e. The molecule has 0 radical (unpaired) electrons. The molecule has 0 fully saturated rings. The van der Waals surface area contributed by atoms with Gasteiger partial charge in [-0.2, -0.15) is 0 Å². The lowest BCUT2D eigenvalue weighted by Gasteiger charge is -2.22. The van der Waals surface area contributed by atoms with Gasteiger partial charge in [-0.25, -0.2) is 8.42 Å². The van der Waals surface area contributed by atoms with Gasteiger partial charge in [-0.05, 0) is 31.2 Å². The van der Waals surface area contributed by atoms with Crippen LogP contribution in [0.25, 0.3) is 0 Å². The van der Waals surface area contributed by atoms with Crippen molar-refractivity contribution in [3.63, 3.8) is 0 Å². The van der Waals surface area contributed by atoms with Crippen molar-refractivity contribution in [2.24, 2.45) is 0 Å². The van der Waals surface area contributed by atoms with Gasteiger partial charge in [0, 0.05) is 11.8 Å². The van der Waals surface area contributed by atoms with E-state index in [-0.39, 0.29) is 6.54 Å². The van der Waals surface area contributed by atoms with E-state index in [4.69, 9.17) is 4.74 Å². The van der Waals surface area contributed by atoms with Crippen LogP contribution in [0.3, 0.4) is 0 Å². The third-order valence-corrected chi connectivity index (χ3v) is 4.64. The molecule has 0 atom stereocenters. The van der Waals surface area contributed by atoms with Gasteiger partial charge in [0.2, 0.25) is 15.9 Å². The zero-order valence-corrected chi connectivity index (χ0v) is 15.6. The Hall–Kier alpha value is -2.80. The second kappa shape index (κ2) is 8.53. The minimum atomic E-state index is -3.60. The molecule has 0 aliphatic rings. The summed E-state index contributed by atoms with van der Waals surface area (Å²) in [6, 6.07) is 13.8. The summed E-state index contributed by atoms with van der Waals surface area (Å²) in [5.74, 6) is 0.137. The van der Waals surface area contributed by atoms with Gasteiger partial charge in [0.1, 0.15) is 18.9 Å². The Morgan fingerprint density at radius 1 is 1.23 bits per heavy atom. The monoisotopic (exact) mass is 374 g/mol. The number of amides is 1. The van der Waals surface area contributed by atoms with Crippen molar-refractivity contribution >= 4 is 27.3 Å². The summed E-state index contributed by atoms with van der Waals surface area (Å²) in [6.07, 6.45) is 2.70. The van der Waals surface area contributed by atoms with E-state index in [9.17, 15) is 13.2 Å². The Kier molecular flexibility index (Phi) is 6.41. The Morgan fingerprint density at radius 2 is 1.92 bits per heavy atom. The van der Waals surface area contributed by atoms with Gasteiger partial charge >= 0.3 is 0 Å². The zero-order valence-electron chi connectivity index (χ0n) is 14.8. The fraction of sp³-hybridized carbons (Fsp3) is 0.211. The number of hydrogen-bond donors (Lipinski definition) is 1. The molecule has 2 aromatic carbocycles. The summed E-state index contributed by atoms with van der Waals surface area (Å²) in [5.41, 5.74) is 1.97. The number of nitrogens with one attached hydrogen (secondary N) is 1. The van der Waals surface area contributed by atoms with Crippen molar-refractivity contribution in [1.82, 2.24) is 0 Å². The van der Waals surface area contributed by atoms with Crippen LogP contribution in [0.15, 0.2) is 61.2 Å². The summed E-state index contributed by atoms with van der Waals surface area (Å²) in [6.45, 7) is 5.52. The highest BCUT2D eigenvalue weighted by Gasteiger charge is 2.20. The molecule has 0 heterocycles. The summed E-state index contributed by atoms with van der Waals surface area (Å²) < 4.78 is 30.7. The lowest BCUT2D eigenvalue weighted by atomic mass is 10.2. The topological polar surface area (TPSA) is 75.7 Å². The quantitative estimate of drug-likeness (QED) is 0.721. The molecule has 2 aromatic rings. The number of nitrogens with zero attached hydrogens (tertiary/aromatic N) is 1. The fourth-order valence-corrected chi connectivity index (χ4v) is 3.12. The first kappa shape index (κ1) is 19.5. The van der Waals surface area contributed by atoms with Crippen LogP contribution in [0.1, 0.15) is 5.56 Å². The van der Waals surface area contributed by atoms with E-state index < -0.39 is 15.9 Å². The standard InChI is InChI=1S/C19H22N2O4S/c1-4-12-25-18-7-5-6-16(13-18)20-19(22)14-21(26(3,23)24)17-10-8-15(2)9-11-17/h4-11,13H,1,12,14H2,2-3H3,(H,20,22). The number of aryl methyl sites for hydroxylation is 1.